The summed E-state index contributed by atoms with van der Waals surface area (Å²) < 4.78 is 3.99. The van der Waals surface area contributed by atoms with E-state index < -0.39 is 0 Å². The molecule has 1 aliphatic heterocycles. The maximum atomic E-state index is 14.2. The summed E-state index contributed by atoms with van der Waals surface area (Å²) in [5, 5.41) is 20.2. The van der Waals surface area contributed by atoms with Gasteiger partial charge in [0.2, 0.25) is 0 Å². The summed E-state index contributed by atoms with van der Waals surface area (Å²) in [5.74, 6) is -0.427. The number of benzene rings is 3. The van der Waals surface area contributed by atoms with E-state index >= 15 is 0 Å². The van der Waals surface area contributed by atoms with Crippen LogP contribution in [-0.4, -0.2) is 44.5 Å². The molecule has 2 amide bonds. The Hall–Kier alpha value is -4.92. The Morgan fingerprint density at radius 2 is 1.80 bits per heavy atom. The predicted octanol–water partition coefficient (Wildman–Crippen LogP) is 4.94. The van der Waals surface area contributed by atoms with Gasteiger partial charge in [0.05, 0.1) is 46.5 Å². The summed E-state index contributed by atoms with van der Waals surface area (Å²) in [5.41, 5.74) is 5.06. The van der Waals surface area contributed by atoms with Gasteiger partial charge in [-0.15, -0.1) is 0 Å². The third kappa shape index (κ3) is 5.34. The van der Waals surface area contributed by atoms with E-state index in [1.54, 1.807) is 81.8 Å². The van der Waals surface area contributed by atoms with Crippen molar-refractivity contribution < 1.29 is 9.59 Å². The van der Waals surface area contributed by atoms with Gasteiger partial charge >= 0.3 is 0 Å². The van der Waals surface area contributed by atoms with E-state index in [4.69, 9.17) is 16.9 Å². The van der Waals surface area contributed by atoms with Crippen LogP contribution in [0.5, 0.6) is 0 Å². The second-order valence-corrected chi connectivity index (χ2v) is 11.5. The van der Waals surface area contributed by atoms with Gasteiger partial charge in [-0.3, -0.25) is 19.0 Å². The van der Waals surface area contributed by atoms with E-state index in [0.717, 1.165) is 5.56 Å². The van der Waals surface area contributed by atoms with Gasteiger partial charge in [-0.25, -0.2) is 4.52 Å². The van der Waals surface area contributed by atoms with Crippen LogP contribution in [0.15, 0.2) is 82.2 Å². The number of carbonyl (C=O) groups is 2. The fourth-order valence-corrected chi connectivity index (χ4v) is 5.73. The van der Waals surface area contributed by atoms with Crippen LogP contribution in [-0.2, 0) is 19.5 Å². The van der Waals surface area contributed by atoms with Crippen LogP contribution in [0.2, 0.25) is 5.02 Å². The maximum Gasteiger partial charge on any atom is 0.261 e. The minimum atomic E-state index is -0.231. The van der Waals surface area contributed by atoms with Crippen molar-refractivity contribution in [1.82, 2.24) is 24.4 Å². The van der Waals surface area contributed by atoms with Gasteiger partial charge in [0.1, 0.15) is 0 Å². The number of nitrogens with one attached hydrogen (secondary N) is 2. The lowest BCUT2D eigenvalue weighted by atomic mass is 10.0. The first-order valence-electron chi connectivity index (χ1n) is 13.7. The van der Waals surface area contributed by atoms with E-state index in [-0.39, 0.29) is 23.9 Å². The molecule has 6 rings (SSSR count). The molecular formula is C32H25BrClN7O3. The monoisotopic (exact) mass is 669 g/mol. The van der Waals surface area contributed by atoms with E-state index in [2.05, 4.69) is 37.7 Å². The molecule has 2 N–H and O–H groups in total. The number of carbonyl (C=O) groups excluding carboxylic acids is 2. The van der Waals surface area contributed by atoms with Crippen molar-refractivity contribution in [3.05, 3.63) is 126 Å². The summed E-state index contributed by atoms with van der Waals surface area (Å²) in [6, 6.07) is 21.2. The third-order valence-electron chi connectivity index (χ3n) is 7.63. The highest BCUT2D eigenvalue weighted by Gasteiger charge is 2.29. The molecule has 0 spiro atoms. The van der Waals surface area contributed by atoms with Crippen LogP contribution in [0.3, 0.4) is 0 Å². The van der Waals surface area contributed by atoms with Crippen LogP contribution < -0.4 is 16.2 Å². The van der Waals surface area contributed by atoms with Crippen molar-refractivity contribution in [3.8, 4) is 11.8 Å². The van der Waals surface area contributed by atoms with Gasteiger partial charge in [0.25, 0.3) is 17.4 Å². The predicted molar refractivity (Wildman–Crippen MR) is 170 cm³/mol. The van der Waals surface area contributed by atoms with Gasteiger partial charge in [-0.2, -0.15) is 10.4 Å². The molecular weight excluding hydrogens is 646 g/mol. The molecule has 3 aromatic carbocycles. The molecule has 0 radical (unpaired) electrons. The Morgan fingerprint density at radius 3 is 2.48 bits per heavy atom. The fraction of sp³-hybridized carbons (Fsp3) is 0.156. The van der Waals surface area contributed by atoms with Crippen LogP contribution in [0.4, 0.5) is 5.69 Å². The van der Waals surface area contributed by atoms with Crippen LogP contribution in [0, 0.1) is 11.3 Å². The topological polar surface area (TPSA) is 125 Å². The van der Waals surface area contributed by atoms with Gasteiger partial charge in [-0.1, -0.05) is 23.7 Å². The Labute approximate surface area is 265 Å². The molecule has 0 fully saturated rings. The first-order valence-corrected chi connectivity index (χ1v) is 14.9. The first-order chi connectivity index (χ1) is 21.3. The molecule has 1 aliphatic rings. The molecule has 0 atom stereocenters. The number of hydrogen-bond acceptors (Lipinski definition) is 6. The number of halogens is 2. The molecule has 12 heteroatoms. The van der Waals surface area contributed by atoms with Gasteiger partial charge in [-0.05, 0) is 82.5 Å². The number of aromatic nitrogens is 3. The van der Waals surface area contributed by atoms with Crippen LogP contribution in [0.1, 0.15) is 43.1 Å². The quantitative estimate of drug-likeness (QED) is 0.264. The van der Waals surface area contributed by atoms with Crippen molar-refractivity contribution in [1.29, 1.82) is 5.26 Å². The van der Waals surface area contributed by atoms with Crippen molar-refractivity contribution >= 4 is 50.7 Å². The Balaban J connectivity index is 1.44. The molecule has 10 nitrogen and oxygen atoms in total. The zero-order chi connectivity index (χ0) is 31.0. The smallest absolute Gasteiger partial charge is 0.261 e. The van der Waals surface area contributed by atoms with Gasteiger partial charge < -0.3 is 15.5 Å². The van der Waals surface area contributed by atoms with E-state index in [1.165, 1.54) is 0 Å². The lowest BCUT2D eigenvalue weighted by Crippen LogP contribution is -2.41. The van der Waals surface area contributed by atoms with E-state index in [0.29, 0.717) is 74.0 Å². The van der Waals surface area contributed by atoms with E-state index in [9.17, 15) is 14.4 Å². The number of amides is 2. The molecule has 0 saturated carbocycles. The first kappa shape index (κ1) is 29.2. The highest BCUT2D eigenvalue weighted by Crippen LogP contribution is 2.28. The summed E-state index contributed by atoms with van der Waals surface area (Å²) >= 11 is 9.62. The Kier molecular flexibility index (Phi) is 7.95. The highest BCUT2D eigenvalue weighted by molar-refractivity contribution is 9.10. The number of anilines is 1. The third-order valence-corrected chi connectivity index (χ3v) is 8.86. The summed E-state index contributed by atoms with van der Waals surface area (Å²) in [7, 11) is 1.56. The average Bonchev–Trinajstić information content (AvgIpc) is 3.48. The van der Waals surface area contributed by atoms with Crippen LogP contribution in [0.25, 0.3) is 11.3 Å². The number of hydrogen-bond donors (Lipinski definition) is 2. The zero-order valence-corrected chi connectivity index (χ0v) is 25.8. The van der Waals surface area contributed by atoms with E-state index in [1.807, 2.05) is 12.1 Å². The lowest BCUT2D eigenvalue weighted by molar-refractivity contribution is 0.0729. The molecule has 5 aromatic rings. The number of rotatable bonds is 6. The number of nitrogens with zero attached hydrogens (tertiary/aromatic N) is 5. The molecule has 0 unspecified atom stereocenters. The minimum absolute atomic E-state index is 0.181. The highest BCUT2D eigenvalue weighted by atomic mass is 79.9. The SMILES string of the molecule is CNC(=O)c1ccc(-n2c(=O)c3c(n4ncc(NCc5ccc(C#N)cc5)c24)CN(C(=O)c2ccc(Br)c(Cl)c2)CC3)cc1. The van der Waals surface area contributed by atoms with Gasteiger partial charge in [0.15, 0.2) is 5.65 Å². The number of fused-ring (bicyclic) bond motifs is 3. The van der Waals surface area contributed by atoms with Crippen molar-refractivity contribution in [2.75, 3.05) is 18.9 Å². The normalized spacial score (nSPS) is 12.5. The molecule has 3 heterocycles. The van der Waals surface area contributed by atoms with Crippen LogP contribution >= 0.6 is 27.5 Å². The minimum Gasteiger partial charge on any atom is -0.377 e. The van der Waals surface area contributed by atoms with Crippen molar-refractivity contribution in [2.45, 2.75) is 19.5 Å². The second-order valence-electron chi connectivity index (χ2n) is 10.3. The largest absolute Gasteiger partial charge is 0.377 e. The molecule has 0 saturated heterocycles. The molecule has 44 heavy (non-hydrogen) atoms. The molecule has 0 aliphatic carbocycles. The number of nitriles is 1. The zero-order valence-electron chi connectivity index (χ0n) is 23.5. The second kappa shape index (κ2) is 12.0. The molecule has 0 bridgehead atoms. The summed E-state index contributed by atoms with van der Waals surface area (Å²) in [6.07, 6.45) is 1.99. The molecule has 2 aromatic heterocycles. The summed E-state index contributed by atoms with van der Waals surface area (Å²) in [4.78, 5) is 41.5. The van der Waals surface area contributed by atoms with Crippen molar-refractivity contribution in [2.24, 2.45) is 0 Å². The van der Waals surface area contributed by atoms with Crippen molar-refractivity contribution in [3.63, 3.8) is 0 Å². The average molecular weight is 671 g/mol. The lowest BCUT2D eigenvalue weighted by Gasteiger charge is -2.29. The standard InChI is InChI=1S/C32H25BrClN7O3/c1-36-29(42)21-6-9-23(10-7-21)40-30-27(37-16-20-4-2-19(15-35)3-5-20)17-38-41(30)28-18-39(13-12-24(28)32(40)44)31(43)22-8-11-25(33)26(34)14-22/h2-11,14,17,37H,12-13,16,18H2,1H3,(H,36,42). The Morgan fingerprint density at radius 1 is 1.07 bits per heavy atom. The Bertz CT molecular complexity index is 2030. The maximum absolute atomic E-state index is 14.2. The summed E-state index contributed by atoms with van der Waals surface area (Å²) in [6.45, 7) is 0.949. The van der Waals surface area contributed by atoms with Gasteiger partial charge in [0, 0.05) is 41.3 Å². The molecule has 220 valence electrons. The fourth-order valence-electron chi connectivity index (χ4n) is 5.31.